The second kappa shape index (κ2) is 5.94. The van der Waals surface area contributed by atoms with Gasteiger partial charge in [0.05, 0.1) is 0 Å². The van der Waals surface area contributed by atoms with E-state index < -0.39 is 0 Å². The summed E-state index contributed by atoms with van der Waals surface area (Å²) in [4.78, 5) is 23.1. The van der Waals surface area contributed by atoms with Crippen LogP contribution in [0.25, 0.3) is 0 Å². The van der Waals surface area contributed by atoms with Gasteiger partial charge in [-0.2, -0.15) is 0 Å². The Morgan fingerprint density at radius 1 is 1.14 bits per heavy atom. The Morgan fingerprint density at radius 2 is 1.79 bits per heavy atom. The minimum Gasteiger partial charge on any atom is -0.291 e. The average molecular weight is 196 g/mol. The van der Waals surface area contributed by atoms with Crippen molar-refractivity contribution in [3.8, 4) is 0 Å². The molecule has 0 saturated heterocycles. The fourth-order valence-corrected chi connectivity index (χ4v) is 2.05. The van der Waals surface area contributed by atoms with Gasteiger partial charge in [0.15, 0.2) is 5.78 Å². The Labute approximate surface area is 86.1 Å². The van der Waals surface area contributed by atoms with Crippen LogP contribution in [0.2, 0.25) is 0 Å². The maximum absolute atomic E-state index is 11.7. The van der Waals surface area contributed by atoms with Crippen molar-refractivity contribution in [1.82, 2.24) is 0 Å². The van der Waals surface area contributed by atoms with Crippen LogP contribution in [-0.2, 0) is 9.59 Å². The fourth-order valence-electron chi connectivity index (χ4n) is 2.05. The van der Waals surface area contributed by atoms with Gasteiger partial charge in [-0.15, -0.1) is 0 Å². The van der Waals surface area contributed by atoms with E-state index in [0.717, 1.165) is 38.5 Å². The lowest BCUT2D eigenvalue weighted by Crippen LogP contribution is -2.25. The molecule has 0 unspecified atom stereocenters. The molecule has 1 fully saturated rings. The Kier molecular flexibility index (Phi) is 4.85. The highest BCUT2D eigenvalue weighted by Gasteiger charge is 2.25. The highest BCUT2D eigenvalue weighted by molar-refractivity contribution is 6.37. The van der Waals surface area contributed by atoms with E-state index in [0.29, 0.717) is 6.42 Å². The van der Waals surface area contributed by atoms with Crippen LogP contribution in [0.3, 0.4) is 0 Å². The van der Waals surface area contributed by atoms with Gasteiger partial charge >= 0.3 is 0 Å². The van der Waals surface area contributed by atoms with Gasteiger partial charge in [0.1, 0.15) is 0 Å². The zero-order chi connectivity index (χ0) is 10.4. The number of unbranched alkanes of at least 4 members (excludes halogenated alkanes) is 1. The molecule has 0 atom stereocenters. The van der Waals surface area contributed by atoms with Crippen LogP contribution < -0.4 is 0 Å². The third kappa shape index (κ3) is 3.24. The van der Waals surface area contributed by atoms with Gasteiger partial charge in [0, 0.05) is 12.3 Å². The lowest BCUT2D eigenvalue weighted by atomic mass is 9.84. The molecule has 0 amide bonds. The topological polar surface area (TPSA) is 34.1 Å². The minimum absolute atomic E-state index is 0.0631. The number of carbonyl (C=O) groups is 2. The highest BCUT2D eigenvalue weighted by Crippen LogP contribution is 2.24. The van der Waals surface area contributed by atoms with Gasteiger partial charge in [-0.05, 0) is 19.3 Å². The largest absolute Gasteiger partial charge is 0.291 e. The second-order valence-corrected chi connectivity index (χ2v) is 4.23. The summed E-state index contributed by atoms with van der Waals surface area (Å²) in [7, 11) is 0. The predicted octanol–water partition coefficient (Wildman–Crippen LogP) is 2.90. The monoisotopic (exact) mass is 196 g/mol. The summed E-state index contributed by atoms with van der Waals surface area (Å²) >= 11 is 0. The van der Waals surface area contributed by atoms with Gasteiger partial charge in [-0.3, -0.25) is 9.59 Å². The molecule has 2 heteroatoms. The molecule has 2 nitrogen and oxygen atoms in total. The molecule has 80 valence electrons. The molecular weight excluding hydrogens is 176 g/mol. The van der Waals surface area contributed by atoms with Crippen molar-refractivity contribution in [2.24, 2.45) is 5.92 Å². The van der Waals surface area contributed by atoms with Crippen molar-refractivity contribution in [3.05, 3.63) is 0 Å². The van der Waals surface area contributed by atoms with Crippen molar-refractivity contribution in [3.63, 3.8) is 0 Å². The van der Waals surface area contributed by atoms with Crippen LogP contribution >= 0.6 is 0 Å². The van der Waals surface area contributed by atoms with Gasteiger partial charge in [0.25, 0.3) is 0 Å². The smallest absolute Gasteiger partial charge is 0.201 e. The summed E-state index contributed by atoms with van der Waals surface area (Å²) in [6, 6.07) is 0. The Hall–Kier alpha value is -0.660. The van der Waals surface area contributed by atoms with Crippen LogP contribution in [0.15, 0.2) is 0 Å². The van der Waals surface area contributed by atoms with E-state index in [4.69, 9.17) is 0 Å². The summed E-state index contributed by atoms with van der Waals surface area (Å²) in [5, 5.41) is 0. The fraction of sp³-hybridized carbons (Fsp3) is 0.833. The molecule has 1 saturated carbocycles. The molecule has 1 aliphatic rings. The van der Waals surface area contributed by atoms with Crippen LogP contribution in [0, 0.1) is 5.92 Å². The molecule has 0 N–H and O–H groups in total. The lowest BCUT2D eigenvalue weighted by molar-refractivity contribution is -0.139. The van der Waals surface area contributed by atoms with Crippen LogP contribution in [-0.4, -0.2) is 11.6 Å². The zero-order valence-corrected chi connectivity index (χ0v) is 9.05. The number of hydrogen-bond donors (Lipinski definition) is 0. The quantitative estimate of drug-likeness (QED) is 0.633. The Bertz CT molecular complexity index is 202. The maximum Gasteiger partial charge on any atom is 0.201 e. The van der Waals surface area contributed by atoms with Crippen molar-refractivity contribution >= 4 is 11.6 Å². The molecule has 0 bridgehead atoms. The number of hydrogen-bond acceptors (Lipinski definition) is 2. The molecule has 0 aromatic heterocycles. The average Bonchev–Trinajstić information content (AvgIpc) is 2.26. The van der Waals surface area contributed by atoms with Crippen molar-refractivity contribution in [2.75, 3.05) is 0 Å². The first-order chi connectivity index (χ1) is 6.75. The summed E-state index contributed by atoms with van der Waals surface area (Å²) in [5.74, 6) is -0.148. The molecule has 1 rings (SSSR count). The lowest BCUT2D eigenvalue weighted by Gasteiger charge is -2.19. The molecule has 0 radical (unpaired) electrons. The summed E-state index contributed by atoms with van der Waals surface area (Å²) in [6.07, 6.45) is 7.67. The van der Waals surface area contributed by atoms with E-state index >= 15 is 0 Å². The normalized spacial score (nSPS) is 18.1. The molecule has 1 aliphatic carbocycles. The third-order valence-electron chi connectivity index (χ3n) is 3.01. The molecule has 14 heavy (non-hydrogen) atoms. The van der Waals surface area contributed by atoms with Crippen molar-refractivity contribution in [1.29, 1.82) is 0 Å². The van der Waals surface area contributed by atoms with Crippen LogP contribution in [0.5, 0.6) is 0 Å². The summed E-state index contributed by atoms with van der Waals surface area (Å²) in [6.45, 7) is 2.04. The Morgan fingerprint density at radius 3 is 2.36 bits per heavy atom. The number of carbonyl (C=O) groups excluding carboxylic acids is 2. The highest BCUT2D eigenvalue weighted by atomic mass is 16.2. The number of ketones is 2. The standard InChI is InChI=1S/C12H20O2/c1-2-3-9-11(13)12(14)10-7-5-4-6-8-10/h10H,2-9H2,1H3. The maximum atomic E-state index is 11.7. The molecule has 0 aromatic rings. The van der Waals surface area contributed by atoms with Crippen LogP contribution in [0.4, 0.5) is 0 Å². The predicted molar refractivity (Wildman–Crippen MR) is 56.1 cm³/mol. The number of rotatable bonds is 5. The van der Waals surface area contributed by atoms with Gasteiger partial charge in [0.2, 0.25) is 5.78 Å². The van der Waals surface area contributed by atoms with E-state index in [2.05, 4.69) is 0 Å². The first-order valence-corrected chi connectivity index (χ1v) is 5.82. The van der Waals surface area contributed by atoms with Gasteiger partial charge in [-0.25, -0.2) is 0 Å². The summed E-state index contributed by atoms with van der Waals surface area (Å²) < 4.78 is 0. The zero-order valence-electron chi connectivity index (χ0n) is 9.05. The van der Waals surface area contributed by atoms with Gasteiger partial charge in [-0.1, -0.05) is 32.6 Å². The van der Waals surface area contributed by atoms with Crippen molar-refractivity contribution in [2.45, 2.75) is 58.3 Å². The second-order valence-electron chi connectivity index (χ2n) is 4.23. The molecular formula is C12H20O2. The minimum atomic E-state index is -0.126. The molecule has 0 aliphatic heterocycles. The van der Waals surface area contributed by atoms with Crippen LogP contribution in [0.1, 0.15) is 58.3 Å². The van der Waals surface area contributed by atoms with E-state index in [1.807, 2.05) is 6.92 Å². The van der Waals surface area contributed by atoms with Gasteiger partial charge < -0.3 is 0 Å². The van der Waals surface area contributed by atoms with E-state index in [1.54, 1.807) is 0 Å². The summed E-state index contributed by atoms with van der Waals surface area (Å²) in [5.41, 5.74) is 0. The number of Topliss-reactive ketones (excluding diaryl/α,β-unsaturated/α-hetero) is 2. The van der Waals surface area contributed by atoms with E-state index in [1.165, 1.54) is 6.42 Å². The first kappa shape index (κ1) is 11.4. The van der Waals surface area contributed by atoms with E-state index in [-0.39, 0.29) is 17.5 Å². The third-order valence-corrected chi connectivity index (χ3v) is 3.01. The Balaban J connectivity index is 2.34. The molecule has 0 heterocycles. The first-order valence-electron chi connectivity index (χ1n) is 5.82. The SMILES string of the molecule is CCCCC(=O)C(=O)C1CCCCC1. The van der Waals surface area contributed by atoms with E-state index in [9.17, 15) is 9.59 Å². The molecule has 0 spiro atoms. The van der Waals surface area contributed by atoms with Crippen molar-refractivity contribution < 1.29 is 9.59 Å². The molecule has 0 aromatic carbocycles.